The molecule has 12 rings (SSSR count). The molecule has 0 fully saturated rings. The van der Waals surface area contributed by atoms with Crippen LogP contribution in [0.25, 0.3) is 112 Å². The SMILES string of the molecule is c1ccc(-c2ccc(-n3c4ccccc4c4ccccc43)c(-c3cccc(-c4nc(-c5ccccc5)nc(-c5cccc(-n6c7ccccc7c7ccccc76)c5)n4)n3)c2)cc1. The van der Waals surface area contributed by atoms with Crippen molar-refractivity contribution in [3.63, 3.8) is 0 Å². The van der Waals surface area contributed by atoms with Gasteiger partial charge in [-0.2, -0.15) is 0 Å². The summed E-state index contributed by atoms with van der Waals surface area (Å²) >= 11 is 0. The number of aromatic nitrogens is 6. The monoisotopic (exact) mass is 792 g/mol. The Morgan fingerprint density at radius 2 is 0.742 bits per heavy atom. The average molecular weight is 793 g/mol. The summed E-state index contributed by atoms with van der Waals surface area (Å²) in [4.78, 5) is 20.8. The first-order valence-electron chi connectivity index (χ1n) is 20.8. The van der Waals surface area contributed by atoms with Gasteiger partial charge in [-0.25, -0.2) is 19.9 Å². The van der Waals surface area contributed by atoms with E-state index in [1.807, 2.05) is 36.4 Å². The first-order chi connectivity index (χ1) is 30.7. The third kappa shape index (κ3) is 5.96. The van der Waals surface area contributed by atoms with E-state index < -0.39 is 0 Å². The van der Waals surface area contributed by atoms with Gasteiger partial charge in [0.15, 0.2) is 17.5 Å². The predicted octanol–water partition coefficient (Wildman–Crippen LogP) is 13.8. The van der Waals surface area contributed by atoms with Crippen molar-refractivity contribution in [1.82, 2.24) is 29.1 Å². The quantitative estimate of drug-likeness (QED) is 0.161. The molecule has 0 saturated heterocycles. The Bertz CT molecular complexity index is 3540. The first-order valence-corrected chi connectivity index (χ1v) is 20.8. The van der Waals surface area contributed by atoms with Gasteiger partial charge in [0.1, 0.15) is 5.69 Å². The summed E-state index contributed by atoms with van der Waals surface area (Å²) in [7, 11) is 0. The maximum atomic E-state index is 5.40. The van der Waals surface area contributed by atoms with Gasteiger partial charge in [0.2, 0.25) is 0 Å². The Labute approximate surface area is 357 Å². The molecule has 0 aliphatic rings. The Morgan fingerprint density at radius 1 is 0.274 bits per heavy atom. The van der Waals surface area contributed by atoms with E-state index in [0.717, 1.165) is 67.0 Å². The Hall–Kier alpha value is -8.48. The molecule has 0 N–H and O–H groups in total. The van der Waals surface area contributed by atoms with Gasteiger partial charge in [-0.15, -0.1) is 0 Å². The molecule has 0 amide bonds. The van der Waals surface area contributed by atoms with E-state index in [1.54, 1.807) is 0 Å². The van der Waals surface area contributed by atoms with Crippen LogP contribution in [0.5, 0.6) is 0 Å². The number of hydrogen-bond acceptors (Lipinski definition) is 4. The molecule has 290 valence electrons. The molecule has 6 nitrogen and oxygen atoms in total. The molecule has 4 heterocycles. The molecule has 0 aliphatic heterocycles. The molecule has 4 aromatic heterocycles. The van der Waals surface area contributed by atoms with Crippen LogP contribution in [0.2, 0.25) is 0 Å². The van der Waals surface area contributed by atoms with Crippen LogP contribution in [0, 0.1) is 0 Å². The van der Waals surface area contributed by atoms with Gasteiger partial charge in [-0.05, 0) is 71.8 Å². The van der Waals surface area contributed by atoms with Crippen molar-refractivity contribution < 1.29 is 0 Å². The lowest BCUT2D eigenvalue weighted by Gasteiger charge is -2.16. The molecule has 0 radical (unpaired) electrons. The fraction of sp³-hybridized carbons (Fsp3) is 0. The summed E-state index contributed by atoms with van der Waals surface area (Å²) in [6.45, 7) is 0. The van der Waals surface area contributed by atoms with E-state index in [2.05, 4.69) is 191 Å². The summed E-state index contributed by atoms with van der Waals surface area (Å²) in [6.07, 6.45) is 0. The van der Waals surface area contributed by atoms with Crippen LogP contribution >= 0.6 is 0 Å². The van der Waals surface area contributed by atoms with Gasteiger partial charge in [-0.3, -0.25) is 0 Å². The lowest BCUT2D eigenvalue weighted by molar-refractivity contribution is 1.06. The highest BCUT2D eigenvalue weighted by Crippen LogP contribution is 2.39. The fourth-order valence-corrected chi connectivity index (χ4v) is 8.96. The summed E-state index contributed by atoms with van der Waals surface area (Å²) in [5.74, 6) is 1.65. The van der Waals surface area contributed by atoms with Crippen LogP contribution in [-0.4, -0.2) is 29.1 Å². The highest BCUT2D eigenvalue weighted by molar-refractivity contribution is 6.10. The smallest absolute Gasteiger partial charge is 0.182 e. The second-order valence-electron chi connectivity index (χ2n) is 15.5. The van der Waals surface area contributed by atoms with E-state index in [1.165, 1.54) is 21.5 Å². The standard InChI is InChI=1S/C56H36N6/c1-3-17-37(18-4-1)39-33-34-53(62-51-31-13-9-25-44(51)45-26-10-14-32-52(45)62)46(36-39)47-27-16-28-48(57-47)56-59-54(38-19-5-2-6-20-38)58-55(60-56)40-21-15-22-41(35-40)61-49-29-11-7-23-42(49)43-24-8-12-30-50(43)61/h1-36H. The van der Waals surface area contributed by atoms with Crippen molar-refractivity contribution in [2.45, 2.75) is 0 Å². The second kappa shape index (κ2) is 14.7. The first kappa shape index (κ1) is 35.5. The summed E-state index contributed by atoms with van der Waals surface area (Å²) in [5, 5.41) is 4.83. The highest BCUT2D eigenvalue weighted by Gasteiger charge is 2.20. The molecule has 0 unspecified atom stereocenters. The van der Waals surface area contributed by atoms with Gasteiger partial charge in [0, 0.05) is 43.9 Å². The Kier molecular flexibility index (Phi) is 8.38. The summed E-state index contributed by atoms with van der Waals surface area (Å²) < 4.78 is 4.68. The van der Waals surface area contributed by atoms with E-state index in [-0.39, 0.29) is 0 Å². The van der Waals surface area contributed by atoms with Crippen molar-refractivity contribution in [2.24, 2.45) is 0 Å². The molecular formula is C56H36N6. The van der Waals surface area contributed by atoms with Crippen molar-refractivity contribution in [3.05, 3.63) is 218 Å². The van der Waals surface area contributed by atoms with Gasteiger partial charge in [0.05, 0.1) is 33.4 Å². The second-order valence-corrected chi connectivity index (χ2v) is 15.5. The molecule has 62 heavy (non-hydrogen) atoms. The van der Waals surface area contributed by atoms with Crippen LogP contribution in [0.3, 0.4) is 0 Å². The van der Waals surface area contributed by atoms with Crippen LogP contribution in [0.4, 0.5) is 0 Å². The molecule has 0 aliphatic carbocycles. The molecule has 0 bridgehead atoms. The van der Waals surface area contributed by atoms with E-state index in [0.29, 0.717) is 23.2 Å². The number of hydrogen-bond donors (Lipinski definition) is 0. The maximum absolute atomic E-state index is 5.40. The number of rotatable bonds is 7. The normalized spacial score (nSPS) is 11.5. The minimum Gasteiger partial charge on any atom is -0.309 e. The lowest BCUT2D eigenvalue weighted by Crippen LogP contribution is -2.03. The van der Waals surface area contributed by atoms with E-state index >= 15 is 0 Å². The topological polar surface area (TPSA) is 61.4 Å². The lowest BCUT2D eigenvalue weighted by atomic mass is 9.99. The van der Waals surface area contributed by atoms with Crippen molar-refractivity contribution in [1.29, 1.82) is 0 Å². The number of benzene rings is 8. The molecule has 0 atom stereocenters. The van der Waals surface area contributed by atoms with E-state index in [4.69, 9.17) is 19.9 Å². The Balaban J connectivity index is 1.04. The largest absolute Gasteiger partial charge is 0.309 e. The zero-order chi connectivity index (χ0) is 41.0. The number of pyridine rings is 1. The van der Waals surface area contributed by atoms with Crippen LogP contribution in [-0.2, 0) is 0 Å². The molecule has 0 spiro atoms. The molecular weight excluding hydrogens is 757 g/mol. The third-order valence-corrected chi connectivity index (χ3v) is 11.8. The maximum Gasteiger partial charge on any atom is 0.182 e. The summed E-state index contributed by atoms with van der Waals surface area (Å²) in [6, 6.07) is 76.2. The Morgan fingerprint density at radius 3 is 1.35 bits per heavy atom. The molecule has 12 aromatic rings. The minimum atomic E-state index is 0.496. The molecule has 0 saturated carbocycles. The zero-order valence-electron chi connectivity index (χ0n) is 33.5. The average Bonchev–Trinajstić information content (AvgIpc) is 3.87. The number of nitrogens with zero attached hydrogens (tertiary/aromatic N) is 6. The van der Waals surface area contributed by atoms with E-state index in [9.17, 15) is 0 Å². The van der Waals surface area contributed by atoms with Gasteiger partial charge in [-0.1, -0.05) is 158 Å². The zero-order valence-corrected chi connectivity index (χ0v) is 33.5. The predicted molar refractivity (Wildman–Crippen MR) is 253 cm³/mol. The van der Waals surface area contributed by atoms with Crippen LogP contribution < -0.4 is 0 Å². The highest BCUT2D eigenvalue weighted by atomic mass is 15.1. The fourth-order valence-electron chi connectivity index (χ4n) is 8.96. The molecule has 8 aromatic carbocycles. The van der Waals surface area contributed by atoms with Crippen molar-refractivity contribution in [3.8, 4) is 68.1 Å². The summed E-state index contributed by atoms with van der Waals surface area (Å²) in [5.41, 5.74) is 13.1. The third-order valence-electron chi connectivity index (χ3n) is 11.8. The van der Waals surface area contributed by atoms with Gasteiger partial charge in [0.25, 0.3) is 0 Å². The van der Waals surface area contributed by atoms with Gasteiger partial charge < -0.3 is 9.13 Å². The number of para-hydroxylation sites is 4. The number of fused-ring (bicyclic) bond motifs is 6. The van der Waals surface area contributed by atoms with Crippen LogP contribution in [0.15, 0.2) is 218 Å². The van der Waals surface area contributed by atoms with Crippen molar-refractivity contribution >= 4 is 43.6 Å². The molecule has 6 heteroatoms. The van der Waals surface area contributed by atoms with Crippen LogP contribution in [0.1, 0.15) is 0 Å². The minimum absolute atomic E-state index is 0.496. The van der Waals surface area contributed by atoms with Crippen molar-refractivity contribution in [2.75, 3.05) is 0 Å². The van der Waals surface area contributed by atoms with Gasteiger partial charge >= 0.3 is 0 Å².